The van der Waals surface area contributed by atoms with E-state index in [4.69, 9.17) is 14.5 Å². The average molecular weight is 448 g/mol. The van der Waals surface area contributed by atoms with Gasteiger partial charge >= 0.3 is 0 Å². The number of hydrogen-bond donors (Lipinski definition) is 1. The number of methoxy groups -OCH3 is 1. The summed E-state index contributed by atoms with van der Waals surface area (Å²) < 4.78 is 11.2. The number of piperidine rings is 1. The monoisotopic (exact) mass is 447 g/mol. The fourth-order valence-corrected chi connectivity index (χ4v) is 4.62. The van der Waals surface area contributed by atoms with Gasteiger partial charge in [-0.3, -0.25) is 9.78 Å². The van der Waals surface area contributed by atoms with E-state index in [-0.39, 0.29) is 24.5 Å². The Hall–Kier alpha value is -3.26. The molecular formula is C25H29N5O3. The van der Waals surface area contributed by atoms with Crippen molar-refractivity contribution < 1.29 is 14.3 Å². The van der Waals surface area contributed by atoms with Crippen LogP contribution in [0.1, 0.15) is 37.3 Å². The molecule has 8 nitrogen and oxygen atoms in total. The molecule has 0 radical (unpaired) electrons. The van der Waals surface area contributed by atoms with E-state index in [0.717, 1.165) is 48.1 Å². The van der Waals surface area contributed by atoms with Crippen LogP contribution >= 0.6 is 0 Å². The van der Waals surface area contributed by atoms with Crippen molar-refractivity contribution in [1.29, 1.82) is 0 Å². The number of nitrogens with one attached hydrogen (secondary N) is 1. The smallest absolute Gasteiger partial charge is 0.248 e. The standard InChI is InChI=1S/C25H29N5O3/c1-32-16-23(31)30-12-8-18(9-13-30)24-25(27-11-10-26-24)33-20-14-19(15-20)28-22-7-6-17-4-2-3-5-21(17)29-22/h2-7,10-11,18-20H,8-9,12-16H2,1H3,(H,28,29)/t19-,20-. The zero-order valence-corrected chi connectivity index (χ0v) is 18.8. The molecule has 1 aromatic carbocycles. The van der Waals surface area contributed by atoms with Crippen LogP contribution in [-0.2, 0) is 9.53 Å². The van der Waals surface area contributed by atoms with Crippen molar-refractivity contribution in [2.45, 2.75) is 43.7 Å². The maximum atomic E-state index is 12.1. The van der Waals surface area contributed by atoms with Crippen molar-refractivity contribution in [3.05, 3.63) is 54.5 Å². The van der Waals surface area contributed by atoms with Crippen molar-refractivity contribution in [3.8, 4) is 5.88 Å². The molecule has 2 fully saturated rings. The third-order valence-corrected chi connectivity index (χ3v) is 6.52. The van der Waals surface area contributed by atoms with Gasteiger partial charge in [0.25, 0.3) is 0 Å². The minimum absolute atomic E-state index is 0.0421. The van der Waals surface area contributed by atoms with Gasteiger partial charge in [-0.2, -0.15) is 0 Å². The number of hydrogen-bond acceptors (Lipinski definition) is 7. The molecule has 3 aromatic rings. The Kier molecular flexibility index (Phi) is 6.35. The van der Waals surface area contributed by atoms with Gasteiger partial charge in [-0.25, -0.2) is 9.97 Å². The third kappa shape index (κ3) is 4.90. The zero-order chi connectivity index (χ0) is 22.6. The predicted octanol–water partition coefficient (Wildman–Crippen LogP) is 3.40. The van der Waals surface area contributed by atoms with Crippen LogP contribution in [0.5, 0.6) is 5.88 Å². The van der Waals surface area contributed by atoms with Gasteiger partial charge in [0, 0.05) is 62.8 Å². The van der Waals surface area contributed by atoms with E-state index in [9.17, 15) is 4.79 Å². The number of anilines is 1. The predicted molar refractivity (Wildman–Crippen MR) is 125 cm³/mol. The largest absolute Gasteiger partial charge is 0.473 e. The molecule has 0 spiro atoms. The molecule has 1 saturated heterocycles. The first kappa shape index (κ1) is 21.6. The van der Waals surface area contributed by atoms with Gasteiger partial charge in [-0.15, -0.1) is 0 Å². The summed E-state index contributed by atoms with van der Waals surface area (Å²) in [4.78, 5) is 27.7. The van der Waals surface area contributed by atoms with Crippen LogP contribution in [0.15, 0.2) is 48.8 Å². The van der Waals surface area contributed by atoms with E-state index in [1.165, 1.54) is 0 Å². The molecule has 1 amide bonds. The Bertz CT molecular complexity index is 1110. The highest BCUT2D eigenvalue weighted by atomic mass is 16.5. The zero-order valence-electron chi connectivity index (χ0n) is 18.8. The van der Waals surface area contributed by atoms with Crippen molar-refractivity contribution in [2.75, 3.05) is 32.1 Å². The van der Waals surface area contributed by atoms with Gasteiger partial charge < -0.3 is 19.7 Å². The molecular weight excluding hydrogens is 418 g/mol. The second-order valence-electron chi connectivity index (χ2n) is 8.78. The maximum absolute atomic E-state index is 12.1. The Morgan fingerprint density at radius 2 is 1.88 bits per heavy atom. The summed E-state index contributed by atoms with van der Waals surface area (Å²) in [5.41, 5.74) is 1.90. The van der Waals surface area contributed by atoms with Crippen LogP contribution in [-0.4, -0.2) is 64.7 Å². The lowest BCUT2D eigenvalue weighted by Crippen LogP contribution is -2.43. The first-order valence-electron chi connectivity index (χ1n) is 11.6. The number of pyridine rings is 1. The minimum atomic E-state index is 0.0421. The number of carbonyl (C=O) groups is 1. The number of likely N-dealkylation sites (tertiary alicyclic amines) is 1. The fraction of sp³-hybridized carbons (Fsp3) is 0.440. The molecule has 3 heterocycles. The van der Waals surface area contributed by atoms with Gasteiger partial charge in [0.2, 0.25) is 11.8 Å². The summed E-state index contributed by atoms with van der Waals surface area (Å²) in [6, 6.07) is 12.6. The highest BCUT2D eigenvalue weighted by molar-refractivity contribution is 5.80. The van der Waals surface area contributed by atoms with Crippen LogP contribution in [0.4, 0.5) is 5.82 Å². The summed E-state index contributed by atoms with van der Waals surface area (Å²) in [5, 5.41) is 4.66. The lowest BCUT2D eigenvalue weighted by molar-refractivity contribution is -0.136. The first-order chi connectivity index (χ1) is 16.2. The molecule has 8 heteroatoms. The SMILES string of the molecule is COCC(=O)N1CCC(c2nccnc2O[C@H]2C[C@H](Nc3ccc4ccccc4n3)C2)CC1. The van der Waals surface area contributed by atoms with Gasteiger partial charge in [0.15, 0.2) is 0 Å². The Balaban J connectivity index is 1.15. The fourth-order valence-electron chi connectivity index (χ4n) is 4.62. The summed E-state index contributed by atoms with van der Waals surface area (Å²) in [7, 11) is 1.55. The van der Waals surface area contributed by atoms with Crippen molar-refractivity contribution in [3.63, 3.8) is 0 Å². The van der Waals surface area contributed by atoms with Gasteiger partial charge in [0.05, 0.1) is 5.52 Å². The van der Waals surface area contributed by atoms with Crippen LogP contribution in [0.25, 0.3) is 10.9 Å². The van der Waals surface area contributed by atoms with E-state index in [1.807, 2.05) is 29.2 Å². The van der Waals surface area contributed by atoms with E-state index < -0.39 is 0 Å². The van der Waals surface area contributed by atoms with E-state index in [1.54, 1.807) is 19.5 Å². The first-order valence-corrected chi connectivity index (χ1v) is 11.6. The van der Waals surface area contributed by atoms with Crippen LogP contribution in [0, 0.1) is 0 Å². The highest BCUT2D eigenvalue weighted by Crippen LogP contribution is 2.34. The second-order valence-corrected chi connectivity index (χ2v) is 8.78. The average Bonchev–Trinajstić information content (AvgIpc) is 2.83. The number of aromatic nitrogens is 3. The molecule has 0 atom stereocenters. The van der Waals surface area contributed by atoms with Crippen molar-refractivity contribution in [2.24, 2.45) is 0 Å². The number of nitrogens with zero attached hydrogens (tertiary/aromatic N) is 4. The summed E-state index contributed by atoms with van der Waals surface area (Å²) >= 11 is 0. The molecule has 2 aromatic heterocycles. The Morgan fingerprint density at radius 1 is 1.09 bits per heavy atom. The van der Waals surface area contributed by atoms with Crippen LogP contribution in [0.3, 0.4) is 0 Å². The number of amides is 1. The number of ether oxygens (including phenoxy) is 2. The molecule has 33 heavy (non-hydrogen) atoms. The Labute approximate surface area is 193 Å². The van der Waals surface area contributed by atoms with Crippen LogP contribution in [0.2, 0.25) is 0 Å². The lowest BCUT2D eigenvalue weighted by Gasteiger charge is -2.37. The summed E-state index contributed by atoms with van der Waals surface area (Å²) in [6.07, 6.45) is 7.02. The van der Waals surface area contributed by atoms with E-state index in [0.29, 0.717) is 25.0 Å². The number of para-hydroxylation sites is 1. The number of benzene rings is 1. The molecule has 1 aliphatic carbocycles. The van der Waals surface area contributed by atoms with E-state index in [2.05, 4.69) is 27.4 Å². The van der Waals surface area contributed by atoms with Crippen molar-refractivity contribution in [1.82, 2.24) is 19.9 Å². The molecule has 0 bridgehead atoms. The summed E-state index contributed by atoms with van der Waals surface area (Å²) in [6.45, 7) is 1.55. The van der Waals surface area contributed by atoms with Crippen LogP contribution < -0.4 is 10.1 Å². The molecule has 2 aliphatic rings. The molecule has 1 saturated carbocycles. The molecule has 172 valence electrons. The second kappa shape index (κ2) is 9.70. The Morgan fingerprint density at radius 3 is 2.70 bits per heavy atom. The minimum Gasteiger partial charge on any atom is -0.473 e. The molecule has 1 aliphatic heterocycles. The van der Waals surface area contributed by atoms with E-state index >= 15 is 0 Å². The maximum Gasteiger partial charge on any atom is 0.248 e. The summed E-state index contributed by atoms with van der Waals surface area (Å²) in [5.74, 6) is 1.81. The highest BCUT2D eigenvalue weighted by Gasteiger charge is 2.33. The molecule has 5 rings (SSSR count). The quantitative estimate of drug-likeness (QED) is 0.594. The number of fused-ring (bicyclic) bond motifs is 1. The van der Waals surface area contributed by atoms with Gasteiger partial charge in [-0.05, 0) is 31.0 Å². The normalized spacial score (nSPS) is 20.9. The lowest BCUT2D eigenvalue weighted by atomic mass is 9.89. The van der Waals surface area contributed by atoms with Gasteiger partial charge in [0.1, 0.15) is 24.2 Å². The van der Waals surface area contributed by atoms with Crippen molar-refractivity contribution >= 4 is 22.6 Å². The van der Waals surface area contributed by atoms with Gasteiger partial charge in [-0.1, -0.05) is 18.2 Å². The molecule has 1 N–H and O–H groups in total. The molecule has 0 unspecified atom stereocenters. The number of carbonyl (C=O) groups excluding carboxylic acids is 1. The third-order valence-electron chi connectivity index (χ3n) is 6.52. The topological polar surface area (TPSA) is 89.5 Å². The number of rotatable bonds is 7.